The number of rotatable bonds is 1. The monoisotopic (exact) mass is 271 g/mol. The van der Waals surface area contributed by atoms with Gasteiger partial charge in [-0.1, -0.05) is 11.6 Å². The standard InChI is InChI=1S/C10H7ClFN3OS/c11-6-3-4(12)1-2-5(6)7-8(13)14-10(17)15-9(7)16/h1-3H,(H4,13,14,15,16,17). The predicted molar refractivity (Wildman–Crippen MR) is 67.1 cm³/mol. The molecule has 17 heavy (non-hydrogen) atoms. The van der Waals surface area contributed by atoms with Crippen molar-refractivity contribution < 1.29 is 4.39 Å². The van der Waals surface area contributed by atoms with Gasteiger partial charge >= 0.3 is 0 Å². The molecule has 0 fully saturated rings. The second kappa shape index (κ2) is 4.31. The van der Waals surface area contributed by atoms with Gasteiger partial charge in [-0.2, -0.15) is 0 Å². The molecule has 0 aliphatic heterocycles. The molecule has 0 bridgehead atoms. The average molecular weight is 272 g/mol. The van der Waals surface area contributed by atoms with Crippen molar-refractivity contribution in [2.45, 2.75) is 0 Å². The van der Waals surface area contributed by atoms with Crippen LogP contribution in [-0.2, 0) is 0 Å². The predicted octanol–water partition coefficient (Wildman–Crippen LogP) is 2.47. The first-order chi connectivity index (χ1) is 7.99. The van der Waals surface area contributed by atoms with Crippen molar-refractivity contribution in [2.75, 3.05) is 5.73 Å². The van der Waals surface area contributed by atoms with Crippen molar-refractivity contribution in [3.05, 3.63) is 44.2 Å². The van der Waals surface area contributed by atoms with E-state index in [-0.39, 0.29) is 21.2 Å². The third-order valence-corrected chi connectivity index (χ3v) is 2.69. The molecule has 0 spiro atoms. The maximum absolute atomic E-state index is 12.9. The van der Waals surface area contributed by atoms with Crippen LogP contribution in [0.25, 0.3) is 11.1 Å². The van der Waals surface area contributed by atoms with Crippen LogP contribution in [0.15, 0.2) is 23.0 Å². The summed E-state index contributed by atoms with van der Waals surface area (Å²) in [5.41, 5.74) is 5.68. The Kier molecular flexibility index (Phi) is 2.99. The number of nitrogens with one attached hydrogen (secondary N) is 2. The highest BCUT2D eigenvalue weighted by Gasteiger charge is 2.12. The van der Waals surface area contributed by atoms with Crippen LogP contribution in [0.2, 0.25) is 5.02 Å². The summed E-state index contributed by atoms with van der Waals surface area (Å²) in [7, 11) is 0. The second-order valence-electron chi connectivity index (χ2n) is 3.32. The number of benzene rings is 1. The van der Waals surface area contributed by atoms with Crippen LogP contribution in [0.1, 0.15) is 0 Å². The number of nitrogens with two attached hydrogens (primary N) is 1. The molecule has 4 nitrogen and oxygen atoms in total. The lowest BCUT2D eigenvalue weighted by Gasteiger charge is -2.06. The third-order valence-electron chi connectivity index (χ3n) is 2.17. The maximum Gasteiger partial charge on any atom is 0.261 e. The first-order valence-corrected chi connectivity index (χ1v) is 5.35. The van der Waals surface area contributed by atoms with Gasteiger partial charge in [0.15, 0.2) is 4.77 Å². The first kappa shape index (κ1) is 11.8. The highest BCUT2D eigenvalue weighted by atomic mass is 35.5. The first-order valence-electron chi connectivity index (χ1n) is 4.56. The van der Waals surface area contributed by atoms with Crippen LogP contribution in [0.5, 0.6) is 0 Å². The lowest BCUT2D eigenvalue weighted by atomic mass is 10.1. The van der Waals surface area contributed by atoms with Crippen LogP contribution >= 0.6 is 23.8 Å². The number of aromatic nitrogens is 2. The Morgan fingerprint density at radius 1 is 1.35 bits per heavy atom. The Labute approximate surface area is 105 Å². The Hall–Kier alpha value is -1.66. The highest BCUT2D eigenvalue weighted by Crippen LogP contribution is 2.28. The summed E-state index contributed by atoms with van der Waals surface area (Å²) in [5.74, 6) is -0.398. The van der Waals surface area contributed by atoms with Gasteiger partial charge in [-0.25, -0.2) is 4.39 Å². The normalized spacial score (nSPS) is 10.5. The number of hydrogen-bond donors (Lipinski definition) is 3. The molecule has 2 rings (SSSR count). The zero-order valence-corrected chi connectivity index (χ0v) is 9.95. The average Bonchev–Trinajstić information content (AvgIpc) is 2.19. The van der Waals surface area contributed by atoms with Crippen LogP contribution < -0.4 is 11.3 Å². The van der Waals surface area contributed by atoms with Crippen LogP contribution in [0.4, 0.5) is 10.2 Å². The van der Waals surface area contributed by atoms with E-state index in [2.05, 4.69) is 9.97 Å². The molecule has 0 radical (unpaired) electrons. The van der Waals surface area contributed by atoms with Crippen LogP contribution in [0.3, 0.4) is 0 Å². The van der Waals surface area contributed by atoms with E-state index in [1.807, 2.05) is 0 Å². The van der Waals surface area contributed by atoms with Gasteiger partial charge in [0.25, 0.3) is 5.56 Å². The van der Waals surface area contributed by atoms with E-state index in [4.69, 9.17) is 29.6 Å². The number of nitrogen functional groups attached to an aromatic ring is 1. The Bertz CT molecular complexity index is 695. The van der Waals surface area contributed by atoms with Gasteiger partial charge in [-0.15, -0.1) is 0 Å². The van der Waals surface area contributed by atoms with Crippen molar-refractivity contribution >= 4 is 29.6 Å². The van der Waals surface area contributed by atoms with Crippen LogP contribution in [0, 0.1) is 10.6 Å². The third kappa shape index (κ3) is 2.22. The second-order valence-corrected chi connectivity index (χ2v) is 4.14. The van der Waals surface area contributed by atoms with Gasteiger partial charge in [-0.3, -0.25) is 9.78 Å². The lowest BCUT2D eigenvalue weighted by Crippen LogP contribution is -2.14. The molecule has 0 atom stereocenters. The van der Waals surface area contributed by atoms with Gasteiger partial charge in [0, 0.05) is 5.56 Å². The highest BCUT2D eigenvalue weighted by molar-refractivity contribution is 7.71. The van der Waals surface area contributed by atoms with Crippen molar-refractivity contribution in [1.82, 2.24) is 9.97 Å². The van der Waals surface area contributed by atoms with E-state index in [0.717, 1.165) is 6.07 Å². The fourth-order valence-corrected chi connectivity index (χ4v) is 1.93. The molecule has 1 aromatic carbocycles. The van der Waals surface area contributed by atoms with Crippen molar-refractivity contribution in [2.24, 2.45) is 0 Å². The SMILES string of the molecule is Nc1[nH]c(=S)[nH]c(=O)c1-c1ccc(F)cc1Cl. The lowest BCUT2D eigenvalue weighted by molar-refractivity contribution is 0.628. The van der Waals surface area contributed by atoms with Crippen molar-refractivity contribution in [3.8, 4) is 11.1 Å². The van der Waals surface area contributed by atoms with Crippen molar-refractivity contribution in [3.63, 3.8) is 0 Å². The molecule has 0 amide bonds. The fraction of sp³-hybridized carbons (Fsp3) is 0. The van der Waals surface area contributed by atoms with E-state index in [9.17, 15) is 9.18 Å². The smallest absolute Gasteiger partial charge is 0.261 e. The minimum Gasteiger partial charge on any atom is -0.385 e. The molecule has 4 N–H and O–H groups in total. The molecule has 0 unspecified atom stereocenters. The topological polar surface area (TPSA) is 74.7 Å². The van der Waals surface area contributed by atoms with E-state index < -0.39 is 11.4 Å². The molecule has 0 aliphatic carbocycles. The fourth-order valence-electron chi connectivity index (χ4n) is 1.46. The number of hydrogen-bond acceptors (Lipinski definition) is 3. The summed E-state index contributed by atoms with van der Waals surface area (Å²) < 4.78 is 13.0. The van der Waals surface area contributed by atoms with E-state index in [1.165, 1.54) is 12.1 Å². The Morgan fingerprint density at radius 3 is 2.65 bits per heavy atom. The summed E-state index contributed by atoms with van der Waals surface area (Å²) in [6.07, 6.45) is 0. The maximum atomic E-state index is 12.9. The molecule has 0 saturated carbocycles. The van der Waals surface area contributed by atoms with E-state index in [0.29, 0.717) is 5.56 Å². The van der Waals surface area contributed by atoms with E-state index >= 15 is 0 Å². The molecule has 2 aromatic rings. The molecule has 0 aliphatic rings. The zero-order valence-electron chi connectivity index (χ0n) is 8.38. The summed E-state index contributed by atoms with van der Waals surface area (Å²) in [6.45, 7) is 0. The number of aromatic amines is 2. The van der Waals surface area contributed by atoms with Gasteiger partial charge in [0.1, 0.15) is 11.6 Å². The molecular weight excluding hydrogens is 265 g/mol. The largest absolute Gasteiger partial charge is 0.385 e. The Balaban J connectivity index is 2.77. The van der Waals surface area contributed by atoms with Gasteiger partial charge < -0.3 is 10.7 Å². The summed E-state index contributed by atoms with van der Waals surface area (Å²) in [4.78, 5) is 16.7. The molecule has 0 saturated heterocycles. The molecule has 88 valence electrons. The molecular formula is C10H7ClFN3OS. The summed E-state index contributed by atoms with van der Waals surface area (Å²) in [5, 5.41) is 0.104. The van der Waals surface area contributed by atoms with Gasteiger partial charge in [-0.05, 0) is 30.4 Å². The molecule has 1 aromatic heterocycles. The minimum atomic E-state index is -0.488. The van der Waals surface area contributed by atoms with Gasteiger partial charge in [0.2, 0.25) is 0 Å². The number of anilines is 1. The number of H-pyrrole nitrogens is 2. The van der Waals surface area contributed by atoms with E-state index in [1.54, 1.807) is 0 Å². The summed E-state index contributed by atoms with van der Waals surface area (Å²) in [6, 6.07) is 3.69. The quantitative estimate of drug-likeness (QED) is 0.698. The van der Waals surface area contributed by atoms with Crippen LogP contribution in [-0.4, -0.2) is 9.97 Å². The number of halogens is 2. The summed E-state index contributed by atoms with van der Waals surface area (Å²) >= 11 is 10.6. The van der Waals surface area contributed by atoms with Gasteiger partial charge in [0.05, 0.1) is 10.6 Å². The minimum absolute atomic E-state index is 0.0901. The molecule has 1 heterocycles. The zero-order chi connectivity index (χ0) is 12.6. The van der Waals surface area contributed by atoms with Crippen molar-refractivity contribution in [1.29, 1.82) is 0 Å². The molecule has 7 heteroatoms. The Morgan fingerprint density at radius 2 is 2.06 bits per heavy atom.